The van der Waals surface area contributed by atoms with Gasteiger partial charge in [-0.3, -0.25) is 0 Å². The average molecular weight is 311 g/mol. The molecule has 118 valence electrons. The van der Waals surface area contributed by atoms with Gasteiger partial charge in [0.05, 0.1) is 26.2 Å². The van der Waals surface area contributed by atoms with Crippen LogP contribution in [0.1, 0.15) is 27.7 Å². The van der Waals surface area contributed by atoms with Gasteiger partial charge in [-0.1, -0.05) is 0 Å². The van der Waals surface area contributed by atoms with Crippen LogP contribution in [0.3, 0.4) is 0 Å². The van der Waals surface area contributed by atoms with Crippen LogP contribution in [-0.4, -0.2) is 55.3 Å². The van der Waals surface area contributed by atoms with E-state index < -0.39 is 21.8 Å². The second-order valence-electron chi connectivity index (χ2n) is 3.92. The highest BCUT2D eigenvalue weighted by atomic mass is 32.2. The van der Waals surface area contributed by atoms with E-state index >= 15 is 0 Å². The van der Waals surface area contributed by atoms with E-state index in [2.05, 4.69) is 27.7 Å². The van der Waals surface area contributed by atoms with E-state index in [1.165, 1.54) is 30.7 Å². The van der Waals surface area contributed by atoms with Crippen molar-refractivity contribution in [2.24, 2.45) is 0 Å². The summed E-state index contributed by atoms with van der Waals surface area (Å²) in [4.78, 5) is 0. The van der Waals surface area contributed by atoms with Gasteiger partial charge in [-0.05, 0) is 27.7 Å². The lowest BCUT2D eigenvalue weighted by Gasteiger charge is -2.34. The molecule has 0 rings (SSSR count). The molecule has 0 aromatic rings. The number of quaternary nitrogens is 1. The summed E-state index contributed by atoms with van der Waals surface area (Å²) in [7, 11) is -6.23. The fourth-order valence-corrected chi connectivity index (χ4v) is 1.67. The summed E-state index contributed by atoms with van der Waals surface area (Å²) in [5.41, 5.74) is 0. The van der Waals surface area contributed by atoms with Crippen LogP contribution in [0, 0.1) is 0 Å². The van der Waals surface area contributed by atoms with E-state index in [0.29, 0.717) is 0 Å². The van der Waals surface area contributed by atoms with Gasteiger partial charge in [0.15, 0.2) is 10.1 Å². The van der Waals surface area contributed by atoms with Crippen molar-refractivity contribution in [2.75, 3.05) is 26.2 Å². The number of rotatable bonds is 6. The molecule has 0 aromatic heterocycles. The topological polar surface area (TPSA) is 57.2 Å². The van der Waals surface area contributed by atoms with E-state index in [4.69, 9.17) is 0 Å². The quantitative estimate of drug-likeness (QED) is 0.429. The SMILES string of the molecule is CC[N+](CC)(CC)CC.O=S(=O)([O-])C(F)(F)C(F)F. The molecule has 0 unspecified atom stereocenters. The lowest BCUT2D eigenvalue weighted by molar-refractivity contribution is -0.921. The number of alkyl halides is 4. The predicted molar refractivity (Wildman–Crippen MR) is 63.1 cm³/mol. The molecule has 4 nitrogen and oxygen atoms in total. The summed E-state index contributed by atoms with van der Waals surface area (Å²) in [6.07, 6.45) is -4.48. The molecular formula is C10H21F4NO3S. The first-order valence-corrected chi connectivity index (χ1v) is 7.31. The smallest absolute Gasteiger partial charge is 0.393 e. The third-order valence-electron chi connectivity index (χ3n) is 3.27. The second-order valence-corrected chi connectivity index (χ2v) is 5.38. The Balaban J connectivity index is 0. The Bertz CT molecular complexity index is 325. The first-order valence-electron chi connectivity index (χ1n) is 5.90. The molecule has 9 heteroatoms. The minimum atomic E-state index is -6.23. The van der Waals surface area contributed by atoms with E-state index in [-0.39, 0.29) is 0 Å². The molecule has 0 saturated carbocycles. The molecule has 0 aromatic carbocycles. The van der Waals surface area contributed by atoms with Gasteiger partial charge in [0.25, 0.3) is 0 Å². The molecule has 0 spiro atoms. The normalized spacial score (nSPS) is 13.2. The van der Waals surface area contributed by atoms with E-state index in [1.807, 2.05) is 0 Å². The van der Waals surface area contributed by atoms with Crippen molar-refractivity contribution in [3.8, 4) is 0 Å². The van der Waals surface area contributed by atoms with Crippen molar-refractivity contribution in [3.63, 3.8) is 0 Å². The number of hydrogen-bond donors (Lipinski definition) is 0. The number of nitrogens with zero attached hydrogens (tertiary/aromatic N) is 1. The maximum absolute atomic E-state index is 11.4. The molecule has 0 aliphatic rings. The summed E-state index contributed by atoms with van der Waals surface area (Å²) in [5, 5.41) is -5.48. The molecule has 0 aliphatic heterocycles. The van der Waals surface area contributed by atoms with Gasteiger partial charge in [-0.25, -0.2) is 17.2 Å². The van der Waals surface area contributed by atoms with Crippen molar-refractivity contribution in [1.82, 2.24) is 0 Å². The first-order chi connectivity index (χ1) is 8.44. The molecule has 19 heavy (non-hydrogen) atoms. The van der Waals surface area contributed by atoms with Crippen molar-refractivity contribution < 1.29 is 35.0 Å². The van der Waals surface area contributed by atoms with Gasteiger partial charge in [-0.2, -0.15) is 8.78 Å². The average Bonchev–Trinajstić information content (AvgIpc) is 2.32. The van der Waals surface area contributed by atoms with Crippen LogP contribution in [0.25, 0.3) is 0 Å². The summed E-state index contributed by atoms with van der Waals surface area (Å²) in [5.74, 6) is 0. The van der Waals surface area contributed by atoms with Gasteiger partial charge in [-0.15, -0.1) is 0 Å². The first kappa shape index (κ1) is 20.9. The van der Waals surface area contributed by atoms with Crippen molar-refractivity contribution in [3.05, 3.63) is 0 Å². The third kappa shape index (κ3) is 6.05. The molecular weight excluding hydrogens is 290 g/mol. The second kappa shape index (κ2) is 8.01. The fourth-order valence-electron chi connectivity index (χ4n) is 1.45. The van der Waals surface area contributed by atoms with Gasteiger partial charge in [0.1, 0.15) is 0 Å². The molecule has 0 aliphatic carbocycles. The predicted octanol–water partition coefficient (Wildman–Crippen LogP) is 2.27. The van der Waals surface area contributed by atoms with Gasteiger partial charge in [0, 0.05) is 0 Å². The Morgan fingerprint density at radius 1 is 1.00 bits per heavy atom. The van der Waals surface area contributed by atoms with Crippen LogP contribution in [0.5, 0.6) is 0 Å². The van der Waals surface area contributed by atoms with Gasteiger partial charge < -0.3 is 9.04 Å². The molecule has 0 N–H and O–H groups in total. The Morgan fingerprint density at radius 2 is 1.26 bits per heavy atom. The number of hydrogen-bond acceptors (Lipinski definition) is 3. The van der Waals surface area contributed by atoms with Crippen LogP contribution in [0.15, 0.2) is 0 Å². The maximum atomic E-state index is 11.4. The van der Waals surface area contributed by atoms with Crippen LogP contribution in [-0.2, 0) is 10.1 Å². The van der Waals surface area contributed by atoms with Crippen LogP contribution in [0.4, 0.5) is 17.6 Å². The lowest BCUT2D eigenvalue weighted by atomic mass is 10.3. The van der Waals surface area contributed by atoms with Crippen LogP contribution in [0.2, 0.25) is 0 Å². The lowest BCUT2D eigenvalue weighted by Crippen LogP contribution is -2.47. The molecule has 0 atom stereocenters. The van der Waals surface area contributed by atoms with Crippen molar-refractivity contribution in [1.29, 1.82) is 0 Å². The van der Waals surface area contributed by atoms with E-state index in [9.17, 15) is 30.5 Å². The van der Waals surface area contributed by atoms with E-state index in [1.54, 1.807) is 0 Å². The fraction of sp³-hybridized carbons (Fsp3) is 1.00. The molecule has 0 bridgehead atoms. The number of halogens is 4. The largest absolute Gasteiger partial charge is 0.743 e. The van der Waals surface area contributed by atoms with Gasteiger partial charge in [0.2, 0.25) is 0 Å². The summed E-state index contributed by atoms with van der Waals surface area (Å²) < 4.78 is 74.0. The highest BCUT2D eigenvalue weighted by Crippen LogP contribution is 2.27. The standard InChI is InChI=1S/C8H20N.C2H2F4O3S/c1-5-9(6-2,7-3)8-4;3-1(4)2(5,6)10(7,8)9/h5-8H2,1-4H3;1H,(H,7,8,9)/q+1;/p-1. The van der Waals surface area contributed by atoms with E-state index in [0.717, 1.165) is 0 Å². The summed E-state index contributed by atoms with van der Waals surface area (Å²) >= 11 is 0. The molecule has 0 heterocycles. The van der Waals surface area contributed by atoms with Crippen molar-refractivity contribution in [2.45, 2.75) is 39.4 Å². The highest BCUT2D eigenvalue weighted by molar-refractivity contribution is 7.86. The Kier molecular flexibility index (Phi) is 8.81. The zero-order chi connectivity index (χ0) is 15.9. The minimum Gasteiger partial charge on any atom is -0.743 e. The zero-order valence-electron chi connectivity index (χ0n) is 11.5. The molecule has 0 radical (unpaired) electrons. The maximum Gasteiger partial charge on any atom is 0.393 e. The minimum absolute atomic E-state index is 1.28. The molecule has 0 fully saturated rings. The molecule has 0 saturated heterocycles. The van der Waals surface area contributed by atoms with Crippen LogP contribution >= 0.6 is 0 Å². The Labute approximate surface area is 111 Å². The Hall–Kier alpha value is -0.410. The summed E-state index contributed by atoms with van der Waals surface area (Å²) in [6, 6.07) is 0. The summed E-state index contributed by atoms with van der Waals surface area (Å²) in [6.45, 7) is 14.2. The van der Waals surface area contributed by atoms with Crippen LogP contribution < -0.4 is 0 Å². The van der Waals surface area contributed by atoms with Gasteiger partial charge >= 0.3 is 11.7 Å². The third-order valence-corrected chi connectivity index (χ3v) is 4.12. The monoisotopic (exact) mass is 311 g/mol. The zero-order valence-corrected chi connectivity index (χ0v) is 12.3. The highest BCUT2D eigenvalue weighted by Gasteiger charge is 2.48. The van der Waals surface area contributed by atoms with Crippen molar-refractivity contribution >= 4 is 10.1 Å². The molecule has 0 amide bonds. The Morgan fingerprint density at radius 3 is 1.26 bits per heavy atom.